The van der Waals surface area contributed by atoms with Gasteiger partial charge >= 0.3 is 0 Å². The average molecular weight is 720 g/mol. The van der Waals surface area contributed by atoms with Crippen LogP contribution in [0.25, 0.3) is 32.7 Å². The molecule has 0 bridgehead atoms. The van der Waals surface area contributed by atoms with Crippen molar-refractivity contribution in [3.63, 3.8) is 0 Å². The maximum Gasteiger partial charge on any atom is 0.255 e. The molecule has 0 radical (unpaired) electrons. The molecular formula is C42H38ClNO8. The van der Waals surface area contributed by atoms with Crippen molar-refractivity contribution in [2.24, 2.45) is 0 Å². The van der Waals surface area contributed by atoms with Crippen molar-refractivity contribution in [1.82, 2.24) is 5.32 Å². The molecule has 0 saturated carbocycles. The van der Waals surface area contributed by atoms with Gasteiger partial charge in [-0.2, -0.15) is 0 Å². The lowest BCUT2D eigenvalue weighted by molar-refractivity contribution is 0.0950. The molecule has 0 saturated heterocycles. The first-order valence-corrected chi connectivity index (χ1v) is 17.2. The Hall–Kier alpha value is -5.93. The third-order valence-corrected chi connectivity index (χ3v) is 9.74. The fraction of sp³-hybridized carbons (Fsp3) is 0.190. The van der Waals surface area contributed by atoms with Gasteiger partial charge in [0.1, 0.15) is 11.5 Å². The van der Waals surface area contributed by atoms with Crippen molar-refractivity contribution in [1.29, 1.82) is 0 Å². The number of carbonyl (C=O) groups excluding carboxylic acids is 2. The standard InChI is InChI=1S/C42H38ClNO8/c1-21-7-9-24(10-8-21)5-4-6-31(45)36-27-17-22(2)34(38(48)29(27)19-32(46)40(36)50)35-23(3)18-28-30(39(35)49)20-33(47)41(51)37(28)42(52)44-16-15-25-11-13-26(43)14-12-25/h7-14,17-20,46-51H,4-6,15-16H2,1-3H3,(H,44,52). The largest absolute Gasteiger partial charge is 0.507 e. The second kappa shape index (κ2) is 14.4. The summed E-state index contributed by atoms with van der Waals surface area (Å²) >= 11 is 5.96. The van der Waals surface area contributed by atoms with E-state index in [0.29, 0.717) is 35.4 Å². The molecule has 52 heavy (non-hydrogen) atoms. The molecule has 0 aliphatic carbocycles. The van der Waals surface area contributed by atoms with Gasteiger partial charge < -0.3 is 36.0 Å². The summed E-state index contributed by atoms with van der Waals surface area (Å²) in [7, 11) is 0. The maximum absolute atomic E-state index is 13.5. The zero-order chi connectivity index (χ0) is 37.4. The van der Waals surface area contributed by atoms with Crippen molar-refractivity contribution < 1.29 is 40.2 Å². The molecule has 9 nitrogen and oxygen atoms in total. The highest BCUT2D eigenvalue weighted by molar-refractivity contribution is 6.30. The summed E-state index contributed by atoms with van der Waals surface area (Å²) in [5.74, 6) is -4.28. The second-order valence-electron chi connectivity index (χ2n) is 13.2. The zero-order valence-electron chi connectivity index (χ0n) is 28.8. The predicted octanol–water partition coefficient (Wildman–Crippen LogP) is 8.65. The fourth-order valence-corrected chi connectivity index (χ4v) is 6.92. The van der Waals surface area contributed by atoms with Gasteiger partial charge in [0.15, 0.2) is 28.8 Å². The van der Waals surface area contributed by atoms with Crippen LogP contribution in [0.5, 0.6) is 34.5 Å². The SMILES string of the molecule is Cc1ccc(CCCC(=O)c2c(O)c(O)cc3c(O)c(-c4c(C)cc5c(C(=O)NCCc6ccc(Cl)cc6)c(O)c(O)cc5c4O)c(C)cc23)cc1. The number of benzene rings is 6. The van der Waals surface area contributed by atoms with Gasteiger partial charge in [0.2, 0.25) is 0 Å². The lowest BCUT2D eigenvalue weighted by Crippen LogP contribution is -2.26. The van der Waals surface area contributed by atoms with Crippen molar-refractivity contribution in [2.45, 2.75) is 46.5 Å². The minimum atomic E-state index is -0.671. The first kappa shape index (κ1) is 35.9. The van der Waals surface area contributed by atoms with Crippen LogP contribution in [0.15, 0.2) is 72.8 Å². The number of aryl methyl sites for hydroxylation is 4. The van der Waals surface area contributed by atoms with Crippen LogP contribution < -0.4 is 5.32 Å². The molecule has 0 atom stereocenters. The molecule has 0 heterocycles. The van der Waals surface area contributed by atoms with E-state index in [9.17, 15) is 40.2 Å². The second-order valence-corrected chi connectivity index (χ2v) is 13.6. The Labute approximate surface area is 305 Å². The molecule has 6 rings (SSSR count). The minimum Gasteiger partial charge on any atom is -0.507 e. The normalized spacial score (nSPS) is 11.3. The van der Waals surface area contributed by atoms with Crippen LogP contribution in [0.4, 0.5) is 0 Å². The molecule has 0 aliphatic rings. The van der Waals surface area contributed by atoms with E-state index in [1.165, 1.54) is 0 Å². The van der Waals surface area contributed by atoms with E-state index in [-0.39, 0.29) is 68.3 Å². The molecule has 266 valence electrons. The van der Waals surface area contributed by atoms with Gasteiger partial charge in [-0.3, -0.25) is 9.59 Å². The summed E-state index contributed by atoms with van der Waals surface area (Å²) in [6.07, 6.45) is 1.69. The quantitative estimate of drug-likeness (QED) is 0.0545. The van der Waals surface area contributed by atoms with Crippen LogP contribution in [0.3, 0.4) is 0 Å². The van der Waals surface area contributed by atoms with Crippen LogP contribution >= 0.6 is 11.6 Å². The molecule has 0 fully saturated rings. The zero-order valence-corrected chi connectivity index (χ0v) is 29.6. The van der Waals surface area contributed by atoms with E-state index in [1.807, 2.05) is 43.3 Å². The Morgan fingerprint density at radius 1 is 0.596 bits per heavy atom. The van der Waals surface area contributed by atoms with Gasteiger partial charge in [0, 0.05) is 50.7 Å². The number of carbonyl (C=O) groups is 2. The van der Waals surface area contributed by atoms with E-state index in [1.54, 1.807) is 38.1 Å². The number of phenols is 6. The van der Waals surface area contributed by atoms with E-state index >= 15 is 0 Å². The number of halogens is 1. The Morgan fingerprint density at radius 3 is 1.63 bits per heavy atom. The minimum absolute atomic E-state index is 0.0376. The monoisotopic (exact) mass is 719 g/mol. The average Bonchev–Trinajstić information content (AvgIpc) is 3.10. The number of hydrogen-bond acceptors (Lipinski definition) is 8. The summed E-state index contributed by atoms with van der Waals surface area (Å²) in [5.41, 5.74) is 3.97. The van der Waals surface area contributed by atoms with E-state index in [2.05, 4.69) is 5.32 Å². The third kappa shape index (κ3) is 6.75. The summed E-state index contributed by atoms with van der Waals surface area (Å²) in [5, 5.41) is 70.4. The van der Waals surface area contributed by atoms with Crippen LogP contribution in [-0.4, -0.2) is 48.9 Å². The van der Waals surface area contributed by atoms with Crippen molar-refractivity contribution >= 4 is 44.8 Å². The Morgan fingerprint density at radius 2 is 1.08 bits per heavy atom. The number of hydrogen-bond donors (Lipinski definition) is 7. The Balaban J connectivity index is 1.38. The van der Waals surface area contributed by atoms with Crippen molar-refractivity contribution in [3.8, 4) is 45.6 Å². The van der Waals surface area contributed by atoms with Gasteiger partial charge in [-0.1, -0.05) is 53.6 Å². The van der Waals surface area contributed by atoms with Crippen LogP contribution in [0.2, 0.25) is 5.02 Å². The van der Waals surface area contributed by atoms with Gasteiger partial charge in [0.05, 0.1) is 11.1 Å². The highest BCUT2D eigenvalue weighted by atomic mass is 35.5. The molecule has 0 aromatic heterocycles. The van der Waals surface area contributed by atoms with Crippen molar-refractivity contribution in [2.75, 3.05) is 6.54 Å². The smallest absolute Gasteiger partial charge is 0.255 e. The van der Waals surface area contributed by atoms with Crippen LogP contribution in [0, 0.1) is 20.8 Å². The lowest BCUT2D eigenvalue weighted by atomic mass is 9.86. The number of ketones is 1. The summed E-state index contributed by atoms with van der Waals surface area (Å²) in [6, 6.07) is 20.6. The molecule has 0 aliphatic heterocycles. The Bertz CT molecular complexity index is 2220. The first-order valence-electron chi connectivity index (χ1n) is 16.8. The molecule has 0 spiro atoms. The number of fused-ring (bicyclic) bond motifs is 2. The number of amides is 1. The third-order valence-electron chi connectivity index (χ3n) is 9.49. The topological polar surface area (TPSA) is 168 Å². The van der Waals surface area contributed by atoms with E-state index < -0.39 is 34.7 Å². The molecule has 7 N–H and O–H groups in total. The number of Topliss-reactive ketones (excluding diaryl/α,β-unsaturated/α-hetero) is 1. The van der Waals surface area contributed by atoms with Gasteiger partial charge in [-0.25, -0.2) is 0 Å². The number of aromatic hydroxyl groups is 6. The first-order chi connectivity index (χ1) is 24.8. The fourth-order valence-electron chi connectivity index (χ4n) is 6.79. The summed E-state index contributed by atoms with van der Waals surface area (Å²) < 4.78 is 0. The molecule has 6 aromatic rings. The van der Waals surface area contributed by atoms with Gasteiger partial charge in [-0.05, 0) is 98.7 Å². The Kier molecular flexibility index (Phi) is 9.91. The number of rotatable bonds is 10. The summed E-state index contributed by atoms with van der Waals surface area (Å²) in [6.45, 7) is 5.53. The van der Waals surface area contributed by atoms with E-state index in [0.717, 1.165) is 28.8 Å². The highest BCUT2D eigenvalue weighted by Gasteiger charge is 2.27. The lowest BCUT2D eigenvalue weighted by Gasteiger charge is -2.20. The van der Waals surface area contributed by atoms with Gasteiger partial charge in [0.25, 0.3) is 5.91 Å². The molecule has 10 heteroatoms. The van der Waals surface area contributed by atoms with Crippen molar-refractivity contribution in [3.05, 3.63) is 117 Å². The summed E-state index contributed by atoms with van der Waals surface area (Å²) in [4.78, 5) is 26.9. The number of nitrogens with one attached hydrogen (secondary N) is 1. The maximum atomic E-state index is 13.5. The number of phenolic OH excluding ortho intramolecular Hbond substituents is 6. The molecule has 1 amide bonds. The van der Waals surface area contributed by atoms with Gasteiger partial charge in [-0.15, -0.1) is 0 Å². The van der Waals surface area contributed by atoms with Crippen LogP contribution in [-0.2, 0) is 12.8 Å². The molecule has 0 unspecified atom stereocenters. The predicted molar refractivity (Wildman–Crippen MR) is 202 cm³/mol. The molecular weight excluding hydrogens is 682 g/mol. The highest BCUT2D eigenvalue weighted by Crippen LogP contribution is 2.51. The van der Waals surface area contributed by atoms with Crippen LogP contribution in [0.1, 0.15) is 61.4 Å². The van der Waals surface area contributed by atoms with E-state index in [4.69, 9.17) is 11.6 Å². The molecule has 6 aromatic carbocycles.